The third-order valence-corrected chi connectivity index (χ3v) is 5.04. The second-order valence-electron chi connectivity index (χ2n) is 6.07. The van der Waals surface area contributed by atoms with E-state index in [4.69, 9.17) is 4.74 Å². The van der Waals surface area contributed by atoms with Crippen LogP contribution in [0, 0.1) is 0 Å². The number of aromatic nitrogens is 1. The van der Waals surface area contributed by atoms with Crippen molar-refractivity contribution in [3.63, 3.8) is 0 Å². The highest BCUT2D eigenvalue weighted by Gasteiger charge is 2.13. The molecule has 27 heavy (non-hydrogen) atoms. The minimum Gasteiger partial charge on any atom is -0.375 e. The van der Waals surface area contributed by atoms with E-state index in [0.717, 1.165) is 16.3 Å². The summed E-state index contributed by atoms with van der Waals surface area (Å²) in [4.78, 5) is 22.8. The maximum Gasteiger partial charge on any atom is 0.239 e. The molecule has 146 valence electrons. The predicted octanol–water partition coefficient (Wildman–Crippen LogP) is 2.17. The molecule has 0 saturated carbocycles. The topological polar surface area (TPSA) is 78.9 Å². The van der Waals surface area contributed by atoms with Crippen LogP contribution in [0.4, 0.5) is 0 Å². The molecule has 1 heterocycles. The van der Waals surface area contributed by atoms with E-state index >= 15 is 0 Å². The van der Waals surface area contributed by atoms with Crippen LogP contribution in [0.5, 0.6) is 0 Å². The maximum atomic E-state index is 12.1. The summed E-state index contributed by atoms with van der Waals surface area (Å²) in [6, 6.07) is 9.81. The fourth-order valence-corrected chi connectivity index (χ4v) is 3.25. The first-order chi connectivity index (χ1) is 13.0. The van der Waals surface area contributed by atoms with Crippen LogP contribution in [-0.2, 0) is 22.6 Å². The first-order valence-electron chi connectivity index (χ1n) is 8.73. The molecule has 0 radical (unpaired) electrons. The molecule has 0 bridgehead atoms. The molecule has 2 rings (SSSR count). The lowest BCUT2D eigenvalue weighted by atomic mass is 10.2. The minimum atomic E-state index is -0.0849. The number of aliphatic imine (C=N–C) groups is 1. The van der Waals surface area contributed by atoms with Crippen molar-refractivity contribution in [2.45, 2.75) is 26.1 Å². The summed E-state index contributed by atoms with van der Waals surface area (Å²) in [5.41, 5.74) is 2.01. The number of nitrogens with zero attached hydrogens (tertiary/aromatic N) is 3. The Hall–Kier alpha value is -2.45. The third-order valence-electron chi connectivity index (χ3n) is 3.98. The number of benzene rings is 1. The van der Waals surface area contributed by atoms with Crippen LogP contribution in [0.15, 0.2) is 40.7 Å². The number of nitrogens with one attached hydrogen (secondary N) is 2. The van der Waals surface area contributed by atoms with Gasteiger partial charge in [0.1, 0.15) is 11.1 Å². The van der Waals surface area contributed by atoms with E-state index in [1.165, 1.54) is 0 Å². The van der Waals surface area contributed by atoms with Gasteiger partial charge in [-0.2, -0.15) is 0 Å². The lowest BCUT2D eigenvalue weighted by molar-refractivity contribution is -0.120. The van der Waals surface area contributed by atoms with E-state index in [2.05, 4.69) is 20.6 Å². The third kappa shape index (κ3) is 6.65. The first kappa shape index (κ1) is 20.9. The van der Waals surface area contributed by atoms with E-state index < -0.39 is 0 Å². The monoisotopic (exact) mass is 389 g/mol. The van der Waals surface area contributed by atoms with Crippen LogP contribution in [0.3, 0.4) is 0 Å². The zero-order valence-corrected chi connectivity index (χ0v) is 17.0. The predicted molar refractivity (Wildman–Crippen MR) is 109 cm³/mol. The summed E-state index contributed by atoms with van der Waals surface area (Å²) >= 11 is 1.58. The number of carbonyl (C=O) groups is 1. The van der Waals surface area contributed by atoms with Gasteiger partial charge in [0.2, 0.25) is 5.91 Å². The molecular weight excluding hydrogens is 362 g/mol. The van der Waals surface area contributed by atoms with E-state index in [0.29, 0.717) is 19.0 Å². The molecule has 1 amide bonds. The van der Waals surface area contributed by atoms with Crippen LogP contribution >= 0.6 is 11.3 Å². The van der Waals surface area contributed by atoms with Crippen LogP contribution < -0.4 is 10.6 Å². The maximum absolute atomic E-state index is 12.1. The van der Waals surface area contributed by atoms with Gasteiger partial charge in [-0.1, -0.05) is 30.3 Å². The highest BCUT2D eigenvalue weighted by molar-refractivity contribution is 7.09. The number of guanidine groups is 1. The molecule has 7 nitrogen and oxygen atoms in total. The molecule has 0 fully saturated rings. The SMILES string of the molecule is CN=C(NCC(=O)NCc1ccccc1)N(C)Cc1csc(C(C)OC)n1. The molecule has 0 aliphatic rings. The normalized spacial score (nSPS) is 12.5. The highest BCUT2D eigenvalue weighted by Crippen LogP contribution is 2.20. The van der Waals surface area contributed by atoms with E-state index in [9.17, 15) is 4.79 Å². The Balaban J connectivity index is 1.80. The number of methoxy groups -OCH3 is 1. The smallest absolute Gasteiger partial charge is 0.239 e. The van der Waals surface area contributed by atoms with E-state index in [1.807, 2.05) is 54.6 Å². The summed E-state index contributed by atoms with van der Waals surface area (Å²) in [6.45, 7) is 3.24. The van der Waals surface area contributed by atoms with Crippen molar-refractivity contribution in [2.24, 2.45) is 4.99 Å². The second kappa shape index (κ2) is 10.6. The average Bonchev–Trinajstić information content (AvgIpc) is 3.15. The van der Waals surface area contributed by atoms with Crippen LogP contribution in [0.1, 0.15) is 29.3 Å². The Morgan fingerprint density at radius 1 is 1.33 bits per heavy atom. The average molecular weight is 390 g/mol. The summed E-state index contributed by atoms with van der Waals surface area (Å²) in [6.07, 6.45) is -0.0141. The van der Waals surface area contributed by atoms with E-state index in [1.54, 1.807) is 25.5 Å². The lowest BCUT2D eigenvalue weighted by Crippen LogP contribution is -2.43. The van der Waals surface area contributed by atoms with Gasteiger partial charge in [-0.05, 0) is 12.5 Å². The Bertz CT molecular complexity index is 748. The number of carbonyl (C=O) groups excluding carboxylic acids is 1. The number of ether oxygens (including phenoxy) is 1. The van der Waals surface area contributed by atoms with Crippen LogP contribution in [0.25, 0.3) is 0 Å². The Labute approximate surface area is 164 Å². The number of thiazole rings is 1. The molecule has 0 aliphatic carbocycles. The molecule has 0 spiro atoms. The second-order valence-corrected chi connectivity index (χ2v) is 6.96. The van der Waals surface area contributed by atoms with Crippen molar-refractivity contribution in [2.75, 3.05) is 27.7 Å². The number of amides is 1. The molecule has 8 heteroatoms. The van der Waals surface area contributed by atoms with Crippen molar-refractivity contribution in [3.8, 4) is 0 Å². The molecule has 1 aromatic carbocycles. The summed E-state index contributed by atoms with van der Waals surface area (Å²) in [7, 11) is 5.28. The number of hydrogen-bond donors (Lipinski definition) is 2. The minimum absolute atomic E-state index is 0.0141. The molecule has 2 N–H and O–H groups in total. The van der Waals surface area contributed by atoms with Crippen molar-refractivity contribution in [3.05, 3.63) is 52.0 Å². The first-order valence-corrected chi connectivity index (χ1v) is 9.61. The van der Waals surface area contributed by atoms with Gasteiger partial charge in [-0.15, -0.1) is 11.3 Å². The van der Waals surface area contributed by atoms with Crippen LogP contribution in [-0.4, -0.2) is 49.5 Å². The Morgan fingerprint density at radius 2 is 2.07 bits per heavy atom. The largest absolute Gasteiger partial charge is 0.375 e. The molecular formula is C19H27N5O2S. The zero-order chi connectivity index (χ0) is 19.6. The Morgan fingerprint density at radius 3 is 2.74 bits per heavy atom. The van der Waals surface area contributed by atoms with Crippen LogP contribution in [0.2, 0.25) is 0 Å². The molecule has 1 atom stereocenters. The fraction of sp³-hybridized carbons (Fsp3) is 0.421. The number of hydrogen-bond acceptors (Lipinski definition) is 5. The van der Waals surface area contributed by atoms with Gasteiger partial charge in [0.05, 0.1) is 18.8 Å². The van der Waals surface area contributed by atoms with Crippen molar-refractivity contribution in [1.82, 2.24) is 20.5 Å². The zero-order valence-electron chi connectivity index (χ0n) is 16.2. The number of rotatable bonds is 8. The van der Waals surface area contributed by atoms with Gasteiger partial charge >= 0.3 is 0 Å². The van der Waals surface area contributed by atoms with Gasteiger partial charge in [-0.25, -0.2) is 4.98 Å². The molecule has 1 unspecified atom stereocenters. The van der Waals surface area contributed by atoms with Gasteiger partial charge < -0.3 is 20.3 Å². The molecule has 2 aromatic rings. The van der Waals surface area contributed by atoms with Gasteiger partial charge in [-0.3, -0.25) is 9.79 Å². The van der Waals surface area contributed by atoms with Gasteiger partial charge in [0, 0.05) is 33.1 Å². The summed E-state index contributed by atoms with van der Waals surface area (Å²) in [5.74, 6) is 0.553. The summed E-state index contributed by atoms with van der Waals surface area (Å²) in [5, 5.41) is 8.93. The van der Waals surface area contributed by atoms with E-state index in [-0.39, 0.29) is 18.6 Å². The fourth-order valence-electron chi connectivity index (χ4n) is 2.40. The highest BCUT2D eigenvalue weighted by atomic mass is 32.1. The molecule has 0 aliphatic heterocycles. The molecule has 0 saturated heterocycles. The quantitative estimate of drug-likeness (QED) is 0.534. The summed E-state index contributed by atoms with van der Waals surface area (Å²) < 4.78 is 5.30. The Kier molecular flexibility index (Phi) is 8.22. The van der Waals surface area contributed by atoms with Crippen molar-refractivity contribution < 1.29 is 9.53 Å². The van der Waals surface area contributed by atoms with Gasteiger partial charge in [0.15, 0.2) is 5.96 Å². The lowest BCUT2D eigenvalue weighted by Gasteiger charge is -2.21. The molecule has 1 aromatic heterocycles. The van der Waals surface area contributed by atoms with Crippen molar-refractivity contribution in [1.29, 1.82) is 0 Å². The van der Waals surface area contributed by atoms with Crippen molar-refractivity contribution >= 4 is 23.2 Å². The van der Waals surface area contributed by atoms with Gasteiger partial charge in [0.25, 0.3) is 0 Å². The standard InChI is InChI=1S/C19H27N5O2S/c1-14(26-4)18-23-16(13-27-18)12-24(3)19(20-2)22-11-17(25)21-10-15-8-6-5-7-9-15/h5-9,13-14H,10-12H2,1-4H3,(H,20,22)(H,21,25).